The third kappa shape index (κ3) is 4.61. The van der Waals surface area contributed by atoms with E-state index in [1.54, 1.807) is 12.1 Å². The van der Waals surface area contributed by atoms with Crippen molar-refractivity contribution in [3.05, 3.63) is 29.3 Å². The lowest BCUT2D eigenvalue weighted by Gasteiger charge is -2.35. The second-order valence-corrected chi connectivity index (χ2v) is 5.52. The van der Waals surface area contributed by atoms with E-state index in [4.69, 9.17) is 0 Å². The Kier molecular flexibility index (Phi) is 5.11. The fraction of sp³-hybridized carbons (Fsp3) is 0.600. The predicted octanol–water partition coefficient (Wildman–Crippen LogP) is 2.99. The molecule has 1 atom stereocenters. The lowest BCUT2D eigenvalue weighted by atomic mass is 9.97. The Bertz CT molecular complexity index is 470. The van der Waals surface area contributed by atoms with Crippen LogP contribution in [0.4, 0.5) is 13.2 Å². The van der Waals surface area contributed by atoms with Gasteiger partial charge in [-0.3, -0.25) is 4.90 Å². The van der Waals surface area contributed by atoms with Gasteiger partial charge in [0.05, 0.1) is 0 Å². The van der Waals surface area contributed by atoms with Crippen molar-refractivity contribution < 1.29 is 18.3 Å². The molecule has 1 aromatic rings. The number of nitrogens with one attached hydrogen (secondary N) is 1. The van der Waals surface area contributed by atoms with Crippen LogP contribution in [0.5, 0.6) is 5.75 Å². The van der Waals surface area contributed by atoms with Crippen molar-refractivity contribution in [3.8, 4) is 5.75 Å². The first-order chi connectivity index (χ1) is 9.87. The Morgan fingerprint density at radius 1 is 1.29 bits per heavy atom. The SMILES string of the molecule is Cc1ccc([C@@H](CCC(F)(F)F)N2CCNCC2)c(O)c1. The molecule has 0 bridgehead atoms. The first kappa shape index (κ1) is 16.1. The summed E-state index contributed by atoms with van der Waals surface area (Å²) < 4.78 is 37.7. The molecule has 0 radical (unpaired) electrons. The fourth-order valence-electron chi connectivity index (χ4n) is 2.76. The number of phenols is 1. The number of aryl methyl sites for hydroxylation is 1. The Morgan fingerprint density at radius 3 is 2.52 bits per heavy atom. The van der Waals surface area contributed by atoms with E-state index in [0.29, 0.717) is 18.7 Å². The number of benzene rings is 1. The minimum absolute atomic E-state index is 0.0277. The van der Waals surface area contributed by atoms with Crippen molar-refractivity contribution in [3.63, 3.8) is 0 Å². The lowest BCUT2D eigenvalue weighted by molar-refractivity contribution is -0.138. The number of halogens is 3. The second kappa shape index (κ2) is 6.66. The number of hydrogen-bond donors (Lipinski definition) is 2. The molecule has 118 valence electrons. The van der Waals surface area contributed by atoms with Crippen LogP contribution >= 0.6 is 0 Å². The highest BCUT2D eigenvalue weighted by molar-refractivity contribution is 5.38. The summed E-state index contributed by atoms with van der Waals surface area (Å²) in [6.07, 6.45) is -5.04. The van der Waals surface area contributed by atoms with Crippen molar-refractivity contribution in [2.24, 2.45) is 0 Å². The Morgan fingerprint density at radius 2 is 1.95 bits per heavy atom. The molecular formula is C15H21F3N2O. The van der Waals surface area contributed by atoms with Crippen molar-refractivity contribution in [1.29, 1.82) is 0 Å². The summed E-state index contributed by atoms with van der Waals surface area (Å²) in [7, 11) is 0. The highest BCUT2D eigenvalue weighted by atomic mass is 19.4. The van der Waals surface area contributed by atoms with Gasteiger partial charge in [-0.1, -0.05) is 12.1 Å². The normalized spacial score (nSPS) is 18.7. The fourth-order valence-corrected chi connectivity index (χ4v) is 2.76. The molecule has 1 fully saturated rings. The Labute approximate surface area is 122 Å². The zero-order valence-corrected chi connectivity index (χ0v) is 12.1. The molecule has 21 heavy (non-hydrogen) atoms. The molecule has 1 heterocycles. The minimum Gasteiger partial charge on any atom is -0.508 e. The van der Waals surface area contributed by atoms with Gasteiger partial charge in [0, 0.05) is 44.2 Å². The number of piperazine rings is 1. The van der Waals surface area contributed by atoms with Crippen LogP contribution in [0.2, 0.25) is 0 Å². The van der Waals surface area contributed by atoms with Gasteiger partial charge < -0.3 is 10.4 Å². The van der Waals surface area contributed by atoms with Crippen LogP contribution in [0.25, 0.3) is 0 Å². The maximum absolute atomic E-state index is 12.6. The van der Waals surface area contributed by atoms with Crippen LogP contribution < -0.4 is 5.32 Å². The van der Waals surface area contributed by atoms with Crippen LogP contribution in [0, 0.1) is 6.92 Å². The molecule has 0 aliphatic carbocycles. The van der Waals surface area contributed by atoms with Gasteiger partial charge in [0.2, 0.25) is 0 Å². The van der Waals surface area contributed by atoms with Gasteiger partial charge in [0.1, 0.15) is 5.75 Å². The second-order valence-electron chi connectivity index (χ2n) is 5.52. The van der Waals surface area contributed by atoms with Crippen molar-refractivity contribution in [2.45, 2.75) is 32.0 Å². The van der Waals surface area contributed by atoms with Crippen LogP contribution in [0.1, 0.15) is 30.0 Å². The largest absolute Gasteiger partial charge is 0.508 e. The van der Waals surface area contributed by atoms with E-state index in [2.05, 4.69) is 5.32 Å². The molecular weight excluding hydrogens is 281 g/mol. The number of aromatic hydroxyl groups is 1. The van der Waals surface area contributed by atoms with E-state index in [-0.39, 0.29) is 12.2 Å². The quantitative estimate of drug-likeness (QED) is 0.897. The maximum atomic E-state index is 12.6. The molecule has 0 saturated carbocycles. The lowest BCUT2D eigenvalue weighted by Crippen LogP contribution is -2.45. The molecule has 2 rings (SSSR count). The van der Waals surface area contributed by atoms with Crippen LogP contribution in [-0.2, 0) is 0 Å². The highest BCUT2D eigenvalue weighted by Gasteiger charge is 2.32. The van der Waals surface area contributed by atoms with Gasteiger partial charge >= 0.3 is 6.18 Å². The standard InChI is InChI=1S/C15H21F3N2O/c1-11-2-3-12(14(21)10-11)13(4-5-15(16,17)18)20-8-6-19-7-9-20/h2-3,10,13,19,21H,4-9H2,1H3/t13-/m1/s1. The molecule has 2 N–H and O–H groups in total. The topological polar surface area (TPSA) is 35.5 Å². The first-order valence-electron chi connectivity index (χ1n) is 7.18. The molecule has 3 nitrogen and oxygen atoms in total. The summed E-state index contributed by atoms with van der Waals surface area (Å²) >= 11 is 0. The number of alkyl halides is 3. The molecule has 1 aliphatic rings. The van der Waals surface area contributed by atoms with E-state index in [1.807, 2.05) is 17.9 Å². The third-order valence-electron chi connectivity index (χ3n) is 3.84. The third-order valence-corrected chi connectivity index (χ3v) is 3.84. The van der Waals surface area contributed by atoms with Gasteiger partial charge in [-0.2, -0.15) is 13.2 Å². The average Bonchev–Trinajstić information content (AvgIpc) is 2.41. The highest BCUT2D eigenvalue weighted by Crippen LogP contribution is 2.35. The van der Waals surface area contributed by atoms with Gasteiger partial charge in [-0.05, 0) is 25.0 Å². The molecule has 1 aromatic carbocycles. The zero-order valence-electron chi connectivity index (χ0n) is 12.1. The molecule has 0 aromatic heterocycles. The van der Waals surface area contributed by atoms with E-state index >= 15 is 0 Å². The molecule has 6 heteroatoms. The number of hydrogen-bond acceptors (Lipinski definition) is 3. The van der Waals surface area contributed by atoms with E-state index in [1.165, 1.54) is 0 Å². The molecule has 0 amide bonds. The number of nitrogens with zero attached hydrogens (tertiary/aromatic N) is 1. The minimum atomic E-state index is -4.17. The number of rotatable bonds is 4. The van der Waals surface area contributed by atoms with Gasteiger partial charge in [-0.25, -0.2) is 0 Å². The van der Waals surface area contributed by atoms with Crippen molar-refractivity contribution in [1.82, 2.24) is 10.2 Å². The van der Waals surface area contributed by atoms with Gasteiger partial charge in [-0.15, -0.1) is 0 Å². The van der Waals surface area contributed by atoms with Crippen molar-refractivity contribution in [2.75, 3.05) is 26.2 Å². The zero-order chi connectivity index (χ0) is 15.5. The first-order valence-corrected chi connectivity index (χ1v) is 7.18. The molecule has 1 saturated heterocycles. The monoisotopic (exact) mass is 302 g/mol. The van der Waals surface area contributed by atoms with E-state index < -0.39 is 18.6 Å². The number of phenolic OH excluding ortho intramolecular Hbond substituents is 1. The summed E-state index contributed by atoms with van der Waals surface area (Å²) in [5.74, 6) is 0.0840. The Hall–Kier alpha value is -1.27. The smallest absolute Gasteiger partial charge is 0.389 e. The van der Waals surface area contributed by atoms with Gasteiger partial charge in [0.25, 0.3) is 0 Å². The predicted molar refractivity (Wildman–Crippen MR) is 75.3 cm³/mol. The van der Waals surface area contributed by atoms with Crippen LogP contribution in [-0.4, -0.2) is 42.4 Å². The molecule has 1 aliphatic heterocycles. The summed E-state index contributed by atoms with van der Waals surface area (Å²) in [5, 5.41) is 13.3. The summed E-state index contributed by atoms with van der Waals surface area (Å²) in [6, 6.07) is 4.79. The van der Waals surface area contributed by atoms with Crippen LogP contribution in [0.15, 0.2) is 18.2 Å². The van der Waals surface area contributed by atoms with Crippen LogP contribution in [0.3, 0.4) is 0 Å². The van der Waals surface area contributed by atoms with E-state index in [9.17, 15) is 18.3 Å². The summed E-state index contributed by atoms with van der Waals surface area (Å²) in [6.45, 7) is 4.75. The van der Waals surface area contributed by atoms with Gasteiger partial charge in [0.15, 0.2) is 0 Å². The maximum Gasteiger partial charge on any atom is 0.389 e. The average molecular weight is 302 g/mol. The Balaban J connectivity index is 2.21. The van der Waals surface area contributed by atoms with Crippen molar-refractivity contribution >= 4 is 0 Å². The summed E-state index contributed by atoms with van der Waals surface area (Å²) in [5.41, 5.74) is 1.48. The van der Waals surface area contributed by atoms with E-state index in [0.717, 1.165) is 18.7 Å². The molecule has 0 unspecified atom stereocenters. The summed E-state index contributed by atoms with van der Waals surface area (Å²) in [4.78, 5) is 2.02. The molecule has 0 spiro atoms.